The van der Waals surface area contributed by atoms with Crippen LogP contribution in [0.4, 0.5) is 10.3 Å². The van der Waals surface area contributed by atoms with Crippen molar-refractivity contribution in [2.45, 2.75) is 25.0 Å². The Kier molecular flexibility index (Phi) is 4.94. The highest BCUT2D eigenvalue weighted by Gasteiger charge is 2.38. The van der Waals surface area contributed by atoms with Gasteiger partial charge in [0.05, 0.1) is 11.7 Å². The Balaban J connectivity index is 1.75. The summed E-state index contributed by atoms with van der Waals surface area (Å²) < 4.78 is 13.2. The van der Waals surface area contributed by atoms with Gasteiger partial charge in [-0.25, -0.2) is 14.4 Å². The molecule has 2 heterocycles. The molecule has 2 aromatic rings. The first-order valence-corrected chi connectivity index (χ1v) is 8.19. The van der Waals surface area contributed by atoms with E-state index >= 15 is 0 Å². The molecule has 25 heavy (non-hydrogen) atoms. The molecule has 1 aliphatic heterocycles. The second-order valence-electron chi connectivity index (χ2n) is 6.43. The number of aromatic nitrogens is 2. The Morgan fingerprint density at radius 2 is 2.00 bits per heavy atom. The summed E-state index contributed by atoms with van der Waals surface area (Å²) in [6.45, 7) is 0.535. The number of nitrogens with one attached hydrogen (secondary N) is 1. The lowest BCUT2D eigenvalue weighted by Crippen LogP contribution is -2.35. The first kappa shape index (κ1) is 17.3. The first-order chi connectivity index (χ1) is 12.0. The third-order valence-electron chi connectivity index (χ3n) is 4.44. The average Bonchev–Trinajstić information content (AvgIpc) is 2.88. The van der Waals surface area contributed by atoms with Gasteiger partial charge in [-0.2, -0.15) is 0 Å². The number of carbonyl (C=O) groups excluding carboxylic acids is 1. The summed E-state index contributed by atoms with van der Waals surface area (Å²) in [5.41, 5.74) is 1.78. The minimum atomic E-state index is -0.280. The molecule has 0 spiro atoms. The van der Waals surface area contributed by atoms with Crippen molar-refractivity contribution in [1.82, 2.24) is 20.2 Å². The smallest absolute Gasteiger partial charge is 0.225 e. The average molecular weight is 343 g/mol. The van der Waals surface area contributed by atoms with Crippen LogP contribution in [0.3, 0.4) is 0 Å². The number of amides is 1. The minimum Gasteiger partial charge on any atom is -0.347 e. The Bertz CT molecular complexity index is 749. The van der Waals surface area contributed by atoms with Gasteiger partial charge in [-0.1, -0.05) is 12.1 Å². The van der Waals surface area contributed by atoms with Gasteiger partial charge in [0.25, 0.3) is 0 Å². The fraction of sp³-hybridized carbons (Fsp3) is 0.389. The monoisotopic (exact) mass is 343 g/mol. The van der Waals surface area contributed by atoms with E-state index in [1.165, 1.54) is 12.1 Å². The third-order valence-corrected chi connectivity index (χ3v) is 4.44. The molecular weight excluding hydrogens is 321 g/mol. The SMILES string of the molecule is CN(C)c1nccc(CN[C@H]2CC(=O)N(C)[C@H]2c2ccc(F)cc2)n1. The molecule has 1 amide bonds. The van der Waals surface area contributed by atoms with Crippen LogP contribution in [0.5, 0.6) is 0 Å². The molecule has 1 aromatic carbocycles. The van der Waals surface area contributed by atoms with Gasteiger partial charge in [-0.3, -0.25) is 4.79 Å². The molecule has 0 radical (unpaired) electrons. The van der Waals surface area contributed by atoms with Crippen LogP contribution < -0.4 is 10.2 Å². The van der Waals surface area contributed by atoms with E-state index in [9.17, 15) is 9.18 Å². The van der Waals surface area contributed by atoms with Gasteiger partial charge in [0, 0.05) is 46.3 Å². The Morgan fingerprint density at radius 3 is 2.68 bits per heavy atom. The molecule has 1 N–H and O–H groups in total. The number of anilines is 1. The number of hydrogen-bond donors (Lipinski definition) is 1. The molecular formula is C18H22FN5O. The fourth-order valence-electron chi connectivity index (χ4n) is 3.10. The van der Waals surface area contributed by atoms with Crippen molar-refractivity contribution in [2.75, 3.05) is 26.0 Å². The molecule has 1 saturated heterocycles. The Labute approximate surface area is 146 Å². The number of halogens is 1. The molecule has 0 saturated carbocycles. The maximum atomic E-state index is 13.2. The van der Waals surface area contributed by atoms with Crippen molar-refractivity contribution in [3.63, 3.8) is 0 Å². The van der Waals surface area contributed by atoms with Crippen molar-refractivity contribution in [3.05, 3.63) is 53.6 Å². The van der Waals surface area contributed by atoms with Gasteiger partial charge < -0.3 is 15.1 Å². The summed E-state index contributed by atoms with van der Waals surface area (Å²) in [6, 6.07) is 8.00. The van der Waals surface area contributed by atoms with Crippen LogP contribution in [0, 0.1) is 5.82 Å². The number of carbonyl (C=O) groups is 1. The van der Waals surface area contributed by atoms with Crippen LogP contribution in [0.15, 0.2) is 36.5 Å². The molecule has 2 atom stereocenters. The van der Waals surface area contributed by atoms with Crippen molar-refractivity contribution < 1.29 is 9.18 Å². The minimum absolute atomic E-state index is 0.0549. The number of benzene rings is 1. The lowest BCUT2D eigenvalue weighted by Gasteiger charge is -2.26. The molecule has 0 bridgehead atoms. The Hall–Kier alpha value is -2.54. The molecule has 7 heteroatoms. The molecule has 1 aliphatic rings. The van der Waals surface area contributed by atoms with Gasteiger partial charge in [0.1, 0.15) is 5.82 Å². The van der Waals surface area contributed by atoms with Crippen molar-refractivity contribution >= 4 is 11.9 Å². The second kappa shape index (κ2) is 7.14. The summed E-state index contributed by atoms with van der Waals surface area (Å²) in [5, 5.41) is 3.42. The lowest BCUT2D eigenvalue weighted by molar-refractivity contribution is -0.127. The van der Waals surface area contributed by atoms with E-state index in [1.54, 1.807) is 30.3 Å². The van der Waals surface area contributed by atoms with E-state index in [1.807, 2.05) is 25.1 Å². The molecule has 1 fully saturated rings. The van der Waals surface area contributed by atoms with E-state index in [4.69, 9.17) is 0 Å². The van der Waals surface area contributed by atoms with E-state index < -0.39 is 0 Å². The summed E-state index contributed by atoms with van der Waals surface area (Å²) in [7, 11) is 5.57. The van der Waals surface area contributed by atoms with Crippen LogP contribution in [-0.2, 0) is 11.3 Å². The van der Waals surface area contributed by atoms with E-state index in [0.29, 0.717) is 18.9 Å². The zero-order valence-corrected chi connectivity index (χ0v) is 14.6. The normalized spacial score (nSPS) is 20.2. The predicted molar refractivity (Wildman–Crippen MR) is 93.5 cm³/mol. The van der Waals surface area contributed by atoms with Crippen LogP contribution in [-0.4, -0.2) is 48.0 Å². The standard InChI is InChI=1S/C18H22FN5O/c1-23(2)18-20-9-8-14(22-18)11-21-15-10-16(25)24(3)17(15)12-4-6-13(19)7-5-12/h4-9,15,17,21H,10-11H2,1-3H3/t15-,17-/m0/s1. The van der Waals surface area contributed by atoms with E-state index in [-0.39, 0.29) is 23.8 Å². The number of likely N-dealkylation sites (N-methyl/N-ethyl adjacent to an activating group) is 1. The largest absolute Gasteiger partial charge is 0.347 e. The number of likely N-dealkylation sites (tertiary alicyclic amines) is 1. The number of hydrogen-bond acceptors (Lipinski definition) is 5. The quantitative estimate of drug-likeness (QED) is 0.896. The zero-order chi connectivity index (χ0) is 18.0. The van der Waals surface area contributed by atoms with E-state index in [0.717, 1.165) is 11.3 Å². The van der Waals surface area contributed by atoms with Gasteiger partial charge in [-0.05, 0) is 23.8 Å². The number of nitrogens with zero attached hydrogens (tertiary/aromatic N) is 4. The molecule has 6 nitrogen and oxygen atoms in total. The summed E-state index contributed by atoms with van der Waals surface area (Å²) in [4.78, 5) is 24.4. The van der Waals surface area contributed by atoms with Gasteiger partial charge >= 0.3 is 0 Å². The molecule has 3 rings (SSSR count). The van der Waals surface area contributed by atoms with Gasteiger partial charge in [-0.15, -0.1) is 0 Å². The maximum absolute atomic E-state index is 13.2. The molecule has 132 valence electrons. The second-order valence-corrected chi connectivity index (χ2v) is 6.43. The highest BCUT2D eigenvalue weighted by Crippen LogP contribution is 2.32. The topological polar surface area (TPSA) is 61.4 Å². The molecule has 1 aromatic heterocycles. The van der Waals surface area contributed by atoms with Crippen LogP contribution in [0.1, 0.15) is 23.7 Å². The third kappa shape index (κ3) is 3.76. The van der Waals surface area contributed by atoms with Gasteiger partial charge in [0.15, 0.2) is 0 Å². The highest BCUT2D eigenvalue weighted by atomic mass is 19.1. The van der Waals surface area contributed by atoms with E-state index in [2.05, 4.69) is 15.3 Å². The van der Waals surface area contributed by atoms with Crippen LogP contribution >= 0.6 is 0 Å². The summed E-state index contributed by atoms with van der Waals surface area (Å²) in [6.07, 6.45) is 2.13. The van der Waals surface area contributed by atoms with Gasteiger partial charge in [0.2, 0.25) is 11.9 Å². The fourth-order valence-corrected chi connectivity index (χ4v) is 3.10. The summed E-state index contributed by atoms with van der Waals surface area (Å²) in [5.74, 6) is 0.440. The zero-order valence-electron chi connectivity index (χ0n) is 14.6. The summed E-state index contributed by atoms with van der Waals surface area (Å²) >= 11 is 0. The van der Waals surface area contributed by atoms with Crippen molar-refractivity contribution in [1.29, 1.82) is 0 Å². The lowest BCUT2D eigenvalue weighted by atomic mass is 10.00. The van der Waals surface area contributed by atoms with Crippen molar-refractivity contribution in [3.8, 4) is 0 Å². The van der Waals surface area contributed by atoms with Crippen LogP contribution in [0.2, 0.25) is 0 Å². The highest BCUT2D eigenvalue weighted by molar-refractivity contribution is 5.80. The molecule has 0 aliphatic carbocycles. The maximum Gasteiger partial charge on any atom is 0.225 e. The molecule has 0 unspecified atom stereocenters. The first-order valence-electron chi connectivity index (χ1n) is 8.19. The predicted octanol–water partition coefficient (Wildman–Crippen LogP) is 1.74. The number of rotatable bonds is 5. The van der Waals surface area contributed by atoms with Crippen molar-refractivity contribution in [2.24, 2.45) is 0 Å². The Morgan fingerprint density at radius 1 is 1.28 bits per heavy atom. The van der Waals surface area contributed by atoms with Crippen LogP contribution in [0.25, 0.3) is 0 Å².